The summed E-state index contributed by atoms with van der Waals surface area (Å²) in [5.74, 6) is -1.24. The molecule has 2 unspecified atom stereocenters. The van der Waals surface area contributed by atoms with E-state index in [1.54, 1.807) is 0 Å². The second-order valence-corrected chi connectivity index (χ2v) is 5.13. The average Bonchev–Trinajstić information content (AvgIpc) is 2.94. The quantitative estimate of drug-likeness (QED) is 0.327. The van der Waals surface area contributed by atoms with Crippen LogP contribution in [0.4, 0.5) is 11.4 Å². The van der Waals surface area contributed by atoms with E-state index in [9.17, 15) is 30.1 Å². The maximum atomic E-state index is 11.8. The van der Waals surface area contributed by atoms with Gasteiger partial charge in [0.25, 0.3) is 11.6 Å². The fourth-order valence-electron chi connectivity index (χ4n) is 2.10. The molecule has 0 aliphatic carbocycles. The Hall–Kier alpha value is -3.12. The number of phenolic OH excluding ortho intramolecular Hbond substituents is 1. The van der Waals surface area contributed by atoms with Crippen LogP contribution in [-0.2, 0) is 4.79 Å². The maximum Gasteiger partial charge on any atom is 0.318 e. The van der Waals surface area contributed by atoms with Crippen molar-refractivity contribution in [2.24, 2.45) is 5.10 Å². The van der Waals surface area contributed by atoms with E-state index < -0.39 is 38.9 Å². The molecule has 1 amide bonds. The van der Waals surface area contributed by atoms with Crippen molar-refractivity contribution < 1.29 is 19.7 Å². The van der Waals surface area contributed by atoms with Gasteiger partial charge < -0.3 is 5.11 Å². The summed E-state index contributed by atoms with van der Waals surface area (Å²) in [6.45, 7) is 1.88. The van der Waals surface area contributed by atoms with E-state index in [2.05, 4.69) is 21.4 Å². The third-order valence-electron chi connectivity index (χ3n) is 3.30. The van der Waals surface area contributed by atoms with Crippen molar-refractivity contribution in [2.75, 3.05) is 0 Å². The molecule has 1 fully saturated rings. The van der Waals surface area contributed by atoms with Crippen LogP contribution in [0.5, 0.6) is 5.75 Å². The lowest BCUT2D eigenvalue weighted by atomic mass is 10.1. The predicted octanol–water partition coefficient (Wildman–Crippen LogP) is -0.0863. The minimum atomic E-state index is -0.951. The Morgan fingerprint density at radius 2 is 2.08 bits per heavy atom. The van der Waals surface area contributed by atoms with Crippen LogP contribution in [0.15, 0.2) is 17.2 Å². The van der Waals surface area contributed by atoms with Crippen LogP contribution in [0.25, 0.3) is 0 Å². The molecule has 12 heteroatoms. The molecule has 0 bridgehead atoms. The number of nitro benzene ring substituents is 2. The van der Waals surface area contributed by atoms with Crippen LogP contribution >= 0.6 is 0 Å². The minimum absolute atomic E-state index is 0.105. The number of aromatic hydroxyl groups is 1. The molecule has 1 aromatic rings. The third-order valence-corrected chi connectivity index (χ3v) is 3.30. The summed E-state index contributed by atoms with van der Waals surface area (Å²) < 4.78 is 0. The first-order valence-corrected chi connectivity index (χ1v) is 6.79. The Kier molecular flexibility index (Phi) is 5.01. The minimum Gasteiger partial charge on any atom is -0.502 e. The van der Waals surface area contributed by atoms with Crippen LogP contribution in [0, 0.1) is 20.2 Å². The van der Waals surface area contributed by atoms with Gasteiger partial charge in [0.05, 0.1) is 27.7 Å². The smallest absolute Gasteiger partial charge is 0.318 e. The van der Waals surface area contributed by atoms with Gasteiger partial charge in [-0.05, 0) is 13.3 Å². The third kappa shape index (κ3) is 3.80. The van der Waals surface area contributed by atoms with Crippen LogP contribution in [0.2, 0.25) is 0 Å². The summed E-state index contributed by atoms with van der Waals surface area (Å²) in [5.41, 5.74) is 6.13. The van der Waals surface area contributed by atoms with Crippen LogP contribution in [0.3, 0.4) is 0 Å². The van der Waals surface area contributed by atoms with Gasteiger partial charge in [0.1, 0.15) is 6.04 Å². The first-order chi connectivity index (χ1) is 11.3. The number of hydrazone groups is 1. The van der Waals surface area contributed by atoms with Gasteiger partial charge in [0.15, 0.2) is 0 Å². The molecule has 128 valence electrons. The Morgan fingerprint density at radius 1 is 1.38 bits per heavy atom. The van der Waals surface area contributed by atoms with Gasteiger partial charge in [-0.1, -0.05) is 0 Å². The summed E-state index contributed by atoms with van der Waals surface area (Å²) in [4.78, 5) is 31.7. The van der Waals surface area contributed by atoms with Crippen LogP contribution < -0.4 is 16.3 Å². The van der Waals surface area contributed by atoms with Crippen LogP contribution in [-0.4, -0.2) is 39.2 Å². The predicted molar refractivity (Wildman–Crippen MR) is 81.3 cm³/mol. The summed E-state index contributed by atoms with van der Waals surface area (Å²) in [6.07, 6.45) is 1.44. The molecule has 12 nitrogen and oxygen atoms in total. The van der Waals surface area contributed by atoms with E-state index in [-0.39, 0.29) is 11.6 Å². The monoisotopic (exact) mass is 338 g/mol. The summed E-state index contributed by atoms with van der Waals surface area (Å²) in [6, 6.07) is 1.15. The van der Waals surface area contributed by atoms with Gasteiger partial charge in [-0.2, -0.15) is 5.10 Å². The molecule has 1 aliphatic heterocycles. The van der Waals surface area contributed by atoms with Crippen molar-refractivity contribution in [2.45, 2.75) is 25.4 Å². The molecular formula is C12H14N6O6. The van der Waals surface area contributed by atoms with Gasteiger partial charge in [-0.15, -0.1) is 0 Å². The van der Waals surface area contributed by atoms with Gasteiger partial charge >= 0.3 is 5.69 Å². The number of benzene rings is 1. The van der Waals surface area contributed by atoms with Gasteiger partial charge in [-0.25, -0.2) is 10.9 Å². The standard InChI is InChI=1S/C12H14N6O6/c1-6-2-9(15-14-6)12(20)16-13-5-7-3-8(17(21)22)4-10(11(7)19)18(23)24/h3-6,9,14-15,19H,2H2,1H3,(H,16,20)/b13-5+. The molecule has 1 aromatic carbocycles. The van der Waals surface area contributed by atoms with E-state index in [0.29, 0.717) is 12.5 Å². The topological polar surface area (TPSA) is 172 Å². The molecule has 0 saturated carbocycles. The molecule has 1 saturated heterocycles. The van der Waals surface area contributed by atoms with Crippen molar-refractivity contribution in [1.82, 2.24) is 16.3 Å². The lowest BCUT2D eigenvalue weighted by Crippen LogP contribution is -2.41. The van der Waals surface area contributed by atoms with Gasteiger partial charge in [0, 0.05) is 12.1 Å². The fraction of sp³-hybridized carbons (Fsp3) is 0.333. The van der Waals surface area contributed by atoms with Gasteiger partial charge in [0.2, 0.25) is 5.75 Å². The first kappa shape index (κ1) is 17.2. The highest BCUT2D eigenvalue weighted by Crippen LogP contribution is 2.33. The highest BCUT2D eigenvalue weighted by molar-refractivity contribution is 5.89. The lowest BCUT2D eigenvalue weighted by Gasteiger charge is -2.06. The van der Waals surface area contributed by atoms with E-state index in [1.165, 1.54) is 0 Å². The van der Waals surface area contributed by atoms with Crippen molar-refractivity contribution >= 4 is 23.5 Å². The van der Waals surface area contributed by atoms with Gasteiger partial charge in [-0.3, -0.25) is 30.4 Å². The molecular weight excluding hydrogens is 324 g/mol. The number of rotatable bonds is 5. The van der Waals surface area contributed by atoms with Crippen molar-refractivity contribution in [1.29, 1.82) is 0 Å². The number of carbonyl (C=O) groups excluding carboxylic acids is 1. The molecule has 1 aliphatic rings. The summed E-state index contributed by atoms with van der Waals surface area (Å²) in [7, 11) is 0. The number of non-ortho nitro benzene ring substituents is 1. The SMILES string of the molecule is CC1CC(C(=O)N/N=C/c2cc([N+](=O)[O-])cc([N+](=O)[O-])c2O)NN1. The zero-order chi connectivity index (χ0) is 17.9. The molecule has 0 aromatic heterocycles. The molecule has 0 spiro atoms. The highest BCUT2D eigenvalue weighted by Gasteiger charge is 2.26. The molecule has 24 heavy (non-hydrogen) atoms. The number of nitrogens with one attached hydrogen (secondary N) is 3. The zero-order valence-electron chi connectivity index (χ0n) is 12.4. The van der Waals surface area contributed by atoms with Crippen LogP contribution in [0.1, 0.15) is 18.9 Å². The van der Waals surface area contributed by atoms with E-state index in [4.69, 9.17) is 0 Å². The highest BCUT2D eigenvalue weighted by atomic mass is 16.6. The van der Waals surface area contributed by atoms with Crippen molar-refractivity contribution in [3.05, 3.63) is 37.9 Å². The number of amides is 1. The summed E-state index contributed by atoms with van der Waals surface area (Å²) >= 11 is 0. The number of phenols is 1. The van der Waals surface area contributed by atoms with Crippen molar-refractivity contribution in [3.8, 4) is 5.75 Å². The Bertz CT molecular complexity index is 720. The Balaban J connectivity index is 2.17. The first-order valence-electron chi connectivity index (χ1n) is 6.79. The Morgan fingerprint density at radius 3 is 2.62 bits per heavy atom. The lowest BCUT2D eigenvalue weighted by molar-refractivity contribution is -0.394. The number of nitrogens with zero attached hydrogens (tertiary/aromatic N) is 3. The maximum absolute atomic E-state index is 11.8. The second kappa shape index (κ2) is 6.97. The molecule has 1 heterocycles. The van der Waals surface area contributed by atoms with E-state index in [1.807, 2.05) is 6.92 Å². The number of carbonyl (C=O) groups is 1. The zero-order valence-corrected chi connectivity index (χ0v) is 12.4. The second-order valence-electron chi connectivity index (χ2n) is 5.13. The van der Waals surface area contributed by atoms with E-state index >= 15 is 0 Å². The summed E-state index contributed by atoms with van der Waals surface area (Å²) in [5, 5.41) is 35.0. The Labute approximate surface area is 134 Å². The fourth-order valence-corrected chi connectivity index (χ4v) is 2.10. The number of hydrogen-bond donors (Lipinski definition) is 4. The molecule has 4 N–H and O–H groups in total. The largest absolute Gasteiger partial charge is 0.502 e. The number of nitro groups is 2. The number of hydrazine groups is 1. The molecule has 0 radical (unpaired) electrons. The van der Waals surface area contributed by atoms with Crippen molar-refractivity contribution in [3.63, 3.8) is 0 Å². The average molecular weight is 338 g/mol. The van der Waals surface area contributed by atoms with E-state index in [0.717, 1.165) is 12.3 Å². The normalized spacial score (nSPS) is 20.2. The molecule has 2 atom stereocenters. The number of hydrogen-bond acceptors (Lipinski definition) is 9. The molecule has 2 rings (SSSR count).